The largest absolute Gasteiger partial charge is 0.506 e. The summed E-state index contributed by atoms with van der Waals surface area (Å²) in [5.74, 6) is -0.817. The number of amides is 1. The number of rotatable bonds is 8. The topological polar surface area (TPSA) is 74.6 Å². The zero-order valence-corrected chi connectivity index (χ0v) is 18.1. The summed E-state index contributed by atoms with van der Waals surface area (Å²) in [6, 6.07) is 16.7. The lowest BCUT2D eigenvalue weighted by Gasteiger charge is -2.18. The van der Waals surface area contributed by atoms with Crippen LogP contribution in [0.1, 0.15) is 29.8 Å². The summed E-state index contributed by atoms with van der Waals surface area (Å²) in [5, 5.41) is 14.0. The lowest BCUT2D eigenvalue weighted by molar-refractivity contribution is 0.0944. The highest BCUT2D eigenvalue weighted by Crippen LogP contribution is 2.26. The van der Waals surface area contributed by atoms with Crippen LogP contribution in [-0.4, -0.2) is 46.7 Å². The van der Waals surface area contributed by atoms with Gasteiger partial charge in [0.05, 0.1) is 12.1 Å². The molecular weight excluding hydrogens is 402 g/mol. The van der Waals surface area contributed by atoms with E-state index in [4.69, 9.17) is 0 Å². The third-order valence-corrected chi connectivity index (χ3v) is 5.16. The van der Waals surface area contributed by atoms with E-state index in [-0.39, 0.29) is 23.7 Å². The van der Waals surface area contributed by atoms with Crippen molar-refractivity contribution in [2.75, 3.05) is 26.2 Å². The maximum Gasteiger partial charge on any atom is 0.268 e. The number of nitrogens with one attached hydrogen (secondary N) is 1. The first-order valence-corrected chi connectivity index (χ1v) is 9.95. The van der Waals surface area contributed by atoms with Crippen molar-refractivity contribution >= 4 is 29.2 Å². The van der Waals surface area contributed by atoms with Crippen LogP contribution in [0, 0.1) is 0 Å². The molecule has 0 unspecified atom stereocenters. The van der Waals surface area contributed by atoms with Gasteiger partial charge in [-0.25, -0.2) is 0 Å². The van der Waals surface area contributed by atoms with Crippen molar-refractivity contribution in [3.8, 4) is 5.75 Å². The molecule has 0 aliphatic heterocycles. The van der Waals surface area contributed by atoms with E-state index in [0.29, 0.717) is 30.5 Å². The zero-order valence-electron chi connectivity index (χ0n) is 17.3. The average Bonchev–Trinajstić information content (AvgIpc) is 2.75. The van der Waals surface area contributed by atoms with Gasteiger partial charge in [-0.2, -0.15) is 0 Å². The Bertz CT molecular complexity index is 1050. The van der Waals surface area contributed by atoms with Crippen molar-refractivity contribution in [3.63, 3.8) is 0 Å². The van der Waals surface area contributed by atoms with Crippen LogP contribution in [0.3, 0.4) is 0 Å². The van der Waals surface area contributed by atoms with Crippen molar-refractivity contribution < 1.29 is 9.90 Å². The number of pyridine rings is 1. The maximum absolute atomic E-state index is 13.2. The number of nitrogens with zero attached hydrogens (tertiary/aromatic N) is 2. The fraction of sp³-hybridized carbons (Fsp3) is 0.304. The molecule has 2 aromatic carbocycles. The van der Waals surface area contributed by atoms with Crippen LogP contribution < -0.4 is 10.9 Å². The molecule has 2 N–H and O–H groups in total. The van der Waals surface area contributed by atoms with Crippen LogP contribution in [0.2, 0.25) is 0 Å². The van der Waals surface area contributed by atoms with Crippen LogP contribution in [0.5, 0.6) is 5.75 Å². The Morgan fingerprint density at radius 3 is 2.33 bits per heavy atom. The van der Waals surface area contributed by atoms with Gasteiger partial charge in [-0.15, -0.1) is 12.4 Å². The highest BCUT2D eigenvalue weighted by molar-refractivity contribution is 6.02. The Morgan fingerprint density at radius 2 is 1.67 bits per heavy atom. The quantitative estimate of drug-likeness (QED) is 0.576. The normalized spacial score (nSPS) is 10.8. The molecule has 1 heterocycles. The van der Waals surface area contributed by atoms with Gasteiger partial charge in [0, 0.05) is 18.5 Å². The van der Waals surface area contributed by atoms with Crippen LogP contribution in [0.25, 0.3) is 10.9 Å². The molecule has 0 aliphatic rings. The Hall–Kier alpha value is -2.83. The molecule has 0 saturated heterocycles. The van der Waals surface area contributed by atoms with Crippen molar-refractivity contribution in [1.29, 1.82) is 0 Å². The minimum Gasteiger partial charge on any atom is -0.506 e. The van der Waals surface area contributed by atoms with E-state index in [1.807, 2.05) is 36.4 Å². The van der Waals surface area contributed by atoms with E-state index < -0.39 is 11.5 Å². The molecule has 7 heteroatoms. The zero-order chi connectivity index (χ0) is 20.8. The summed E-state index contributed by atoms with van der Waals surface area (Å²) in [5.41, 5.74) is 0.835. The van der Waals surface area contributed by atoms with Gasteiger partial charge in [0.2, 0.25) is 0 Å². The first kappa shape index (κ1) is 23.4. The minimum absolute atomic E-state index is 0. The summed E-state index contributed by atoms with van der Waals surface area (Å²) < 4.78 is 1.55. The SMILES string of the molecule is CCN(CC)CCNC(=O)c1c(O)c2ccccc2n(Cc2ccccc2)c1=O.Cl. The number of hydrogen-bond donors (Lipinski definition) is 2. The predicted molar refractivity (Wildman–Crippen MR) is 123 cm³/mol. The molecule has 160 valence electrons. The van der Waals surface area contributed by atoms with Gasteiger partial charge in [-0.1, -0.05) is 56.3 Å². The second-order valence-corrected chi connectivity index (χ2v) is 6.90. The lowest BCUT2D eigenvalue weighted by Crippen LogP contribution is -2.38. The average molecular weight is 430 g/mol. The van der Waals surface area contributed by atoms with E-state index in [1.165, 1.54) is 0 Å². The monoisotopic (exact) mass is 429 g/mol. The number of fused-ring (bicyclic) bond motifs is 1. The van der Waals surface area contributed by atoms with E-state index >= 15 is 0 Å². The molecule has 0 bridgehead atoms. The molecule has 30 heavy (non-hydrogen) atoms. The number of aromatic nitrogens is 1. The van der Waals surface area contributed by atoms with Crippen molar-refractivity contribution in [3.05, 3.63) is 76.1 Å². The number of hydrogen-bond acceptors (Lipinski definition) is 4. The summed E-state index contributed by atoms with van der Waals surface area (Å²) in [4.78, 5) is 28.2. The number of para-hydroxylation sites is 1. The Kier molecular flexibility index (Phi) is 8.45. The van der Waals surface area contributed by atoms with E-state index in [0.717, 1.165) is 18.7 Å². The third kappa shape index (κ3) is 5.01. The Morgan fingerprint density at radius 1 is 1.03 bits per heavy atom. The van der Waals surface area contributed by atoms with Crippen LogP contribution >= 0.6 is 12.4 Å². The fourth-order valence-corrected chi connectivity index (χ4v) is 3.47. The van der Waals surface area contributed by atoms with Gasteiger partial charge in [0.25, 0.3) is 11.5 Å². The summed E-state index contributed by atoms with van der Waals surface area (Å²) >= 11 is 0. The van der Waals surface area contributed by atoms with Gasteiger partial charge in [0.1, 0.15) is 11.3 Å². The molecule has 1 amide bonds. The summed E-state index contributed by atoms with van der Waals surface area (Å²) in [6.07, 6.45) is 0. The van der Waals surface area contributed by atoms with Crippen molar-refractivity contribution in [2.24, 2.45) is 0 Å². The Labute approximate surface area is 182 Å². The number of carbonyl (C=O) groups excluding carboxylic acids is 1. The van der Waals surface area contributed by atoms with E-state index in [2.05, 4.69) is 24.1 Å². The van der Waals surface area contributed by atoms with Crippen LogP contribution in [0.15, 0.2) is 59.4 Å². The van der Waals surface area contributed by atoms with Crippen LogP contribution in [0.4, 0.5) is 0 Å². The smallest absolute Gasteiger partial charge is 0.268 e. The first-order chi connectivity index (χ1) is 14.1. The minimum atomic E-state index is -0.549. The molecule has 0 radical (unpaired) electrons. The maximum atomic E-state index is 13.2. The number of halogens is 1. The molecule has 0 atom stereocenters. The molecular formula is C23H28ClN3O3. The van der Waals surface area contributed by atoms with Crippen molar-refractivity contribution in [2.45, 2.75) is 20.4 Å². The number of likely N-dealkylation sites (N-methyl/N-ethyl adjacent to an activating group) is 1. The molecule has 3 rings (SSSR count). The highest BCUT2D eigenvalue weighted by Gasteiger charge is 2.22. The molecule has 1 aromatic heterocycles. The van der Waals surface area contributed by atoms with Gasteiger partial charge in [0.15, 0.2) is 0 Å². The second-order valence-electron chi connectivity index (χ2n) is 6.90. The first-order valence-electron chi connectivity index (χ1n) is 9.95. The molecule has 0 spiro atoms. The van der Waals surface area contributed by atoms with E-state index in [1.54, 1.807) is 22.8 Å². The standard InChI is InChI=1S/C23H27N3O3.ClH/c1-3-25(4-2)15-14-24-22(28)20-21(27)18-12-8-9-13-19(18)26(23(20)29)16-17-10-6-5-7-11-17;/h5-13,27H,3-4,14-16H2,1-2H3,(H,24,28);1H. The molecule has 6 nitrogen and oxygen atoms in total. The summed E-state index contributed by atoms with van der Waals surface area (Å²) in [6.45, 7) is 7.30. The Balaban J connectivity index is 0.00000320. The van der Waals surface area contributed by atoms with Gasteiger partial charge in [-0.05, 0) is 30.8 Å². The molecule has 3 aromatic rings. The van der Waals surface area contributed by atoms with Crippen molar-refractivity contribution in [1.82, 2.24) is 14.8 Å². The second kappa shape index (κ2) is 10.8. The molecule has 0 saturated carbocycles. The highest BCUT2D eigenvalue weighted by atomic mass is 35.5. The summed E-state index contributed by atoms with van der Waals surface area (Å²) in [7, 11) is 0. The lowest BCUT2D eigenvalue weighted by atomic mass is 10.1. The number of aromatic hydroxyl groups is 1. The fourth-order valence-electron chi connectivity index (χ4n) is 3.47. The molecule has 0 fully saturated rings. The van der Waals surface area contributed by atoms with Gasteiger partial charge >= 0.3 is 0 Å². The molecule has 0 aliphatic carbocycles. The van der Waals surface area contributed by atoms with Gasteiger partial charge in [-0.3, -0.25) is 9.59 Å². The van der Waals surface area contributed by atoms with Gasteiger partial charge < -0.3 is 19.9 Å². The predicted octanol–water partition coefficient (Wildman–Crippen LogP) is 3.25. The third-order valence-electron chi connectivity index (χ3n) is 5.16. The van der Waals surface area contributed by atoms with E-state index in [9.17, 15) is 14.7 Å². The number of benzene rings is 2. The number of carbonyl (C=O) groups is 1. The van der Waals surface area contributed by atoms with Crippen LogP contribution in [-0.2, 0) is 6.54 Å².